The molecule has 0 fully saturated rings. The van der Waals surface area contributed by atoms with E-state index in [4.69, 9.17) is 0 Å². The molecule has 0 bridgehead atoms. The van der Waals surface area contributed by atoms with Crippen LogP contribution >= 0.6 is 0 Å². The van der Waals surface area contributed by atoms with Crippen molar-refractivity contribution >= 4 is 10.8 Å². The molecule has 1 unspecified atom stereocenters. The Kier molecular flexibility index (Phi) is 2.71. The van der Waals surface area contributed by atoms with E-state index in [1.807, 2.05) is 20.8 Å². The average molecular weight is 199 g/mol. The molecule has 0 aliphatic rings. The van der Waals surface area contributed by atoms with Gasteiger partial charge < -0.3 is 5.21 Å². The van der Waals surface area contributed by atoms with E-state index in [1.165, 1.54) is 6.20 Å². The monoisotopic (exact) mass is 199 g/mol. The summed E-state index contributed by atoms with van der Waals surface area (Å²) in [7, 11) is -1.26. The maximum atomic E-state index is 11.8. The van der Waals surface area contributed by atoms with Crippen LogP contribution in [0.4, 0.5) is 0 Å². The zero-order valence-electron chi connectivity index (χ0n) is 7.98. The molecule has 1 rings (SSSR count). The second-order valence-electron chi connectivity index (χ2n) is 3.75. The summed E-state index contributed by atoms with van der Waals surface area (Å²) < 4.78 is 12.0. The van der Waals surface area contributed by atoms with E-state index in [0.717, 1.165) is 0 Å². The first-order valence-electron chi connectivity index (χ1n) is 4.03. The highest BCUT2D eigenvalue weighted by atomic mass is 32.2. The highest BCUT2D eigenvalue weighted by Crippen LogP contribution is 2.16. The molecule has 1 aromatic rings. The third kappa shape index (κ3) is 2.28. The average Bonchev–Trinajstić information content (AvgIpc) is 2.02. The van der Waals surface area contributed by atoms with Crippen LogP contribution in [0.1, 0.15) is 20.8 Å². The molecule has 0 amide bonds. The molecule has 1 atom stereocenters. The van der Waals surface area contributed by atoms with Crippen LogP contribution in [0.5, 0.6) is 0 Å². The lowest BCUT2D eigenvalue weighted by Crippen LogP contribution is -2.36. The van der Waals surface area contributed by atoms with Crippen LogP contribution in [0.3, 0.4) is 0 Å². The van der Waals surface area contributed by atoms with Gasteiger partial charge in [-0.25, -0.2) is 4.21 Å². The molecule has 0 spiro atoms. The molecule has 0 aliphatic carbocycles. The number of aromatic nitrogens is 1. The summed E-state index contributed by atoms with van der Waals surface area (Å²) in [6, 6.07) is 4.93. The first-order chi connectivity index (χ1) is 5.93. The molecule has 0 saturated carbocycles. The Bertz CT molecular complexity index is 331. The minimum Gasteiger partial charge on any atom is -0.618 e. The lowest BCUT2D eigenvalue weighted by atomic mass is 10.3. The Morgan fingerprint density at radius 1 is 1.38 bits per heavy atom. The van der Waals surface area contributed by atoms with Crippen molar-refractivity contribution in [2.24, 2.45) is 0 Å². The van der Waals surface area contributed by atoms with Crippen molar-refractivity contribution in [3.05, 3.63) is 29.6 Å². The smallest absolute Gasteiger partial charge is 0.282 e. The Morgan fingerprint density at radius 2 is 2.00 bits per heavy atom. The standard InChI is InChI=1S/C9H13NO2S/c1-9(2,3)13(12)8-6-4-5-7-10(8)11/h4-7H,1-3H3. The maximum Gasteiger partial charge on any atom is 0.282 e. The topological polar surface area (TPSA) is 44.0 Å². The zero-order chi connectivity index (χ0) is 10.1. The van der Waals surface area contributed by atoms with Gasteiger partial charge in [0.2, 0.25) is 0 Å². The Hall–Kier alpha value is -0.900. The Balaban J connectivity index is 3.10. The SMILES string of the molecule is CC(C)(C)S(=O)c1cccc[n+]1[O-]. The number of nitrogens with zero attached hydrogens (tertiary/aromatic N) is 1. The quantitative estimate of drug-likeness (QED) is 0.504. The van der Waals surface area contributed by atoms with Gasteiger partial charge in [-0.05, 0) is 26.8 Å². The molecule has 3 nitrogen and oxygen atoms in total. The van der Waals surface area contributed by atoms with Crippen LogP contribution in [-0.4, -0.2) is 8.96 Å². The van der Waals surface area contributed by atoms with E-state index in [-0.39, 0.29) is 0 Å². The van der Waals surface area contributed by atoms with Crippen LogP contribution in [0.15, 0.2) is 29.4 Å². The minimum absolute atomic E-state index is 0.315. The van der Waals surface area contributed by atoms with Crippen LogP contribution in [0, 0.1) is 5.21 Å². The van der Waals surface area contributed by atoms with E-state index in [2.05, 4.69) is 0 Å². The molecule has 72 valence electrons. The van der Waals surface area contributed by atoms with Gasteiger partial charge in [-0.3, -0.25) is 0 Å². The van der Waals surface area contributed by atoms with Gasteiger partial charge in [-0.1, -0.05) is 0 Å². The van der Waals surface area contributed by atoms with Gasteiger partial charge in [0.15, 0.2) is 6.20 Å². The third-order valence-electron chi connectivity index (χ3n) is 1.53. The summed E-state index contributed by atoms with van der Waals surface area (Å²) in [6.07, 6.45) is 1.36. The predicted octanol–water partition coefficient (Wildman–Crippen LogP) is 1.23. The van der Waals surface area contributed by atoms with Crippen molar-refractivity contribution in [2.75, 3.05) is 0 Å². The maximum absolute atomic E-state index is 11.8. The second-order valence-corrected chi connectivity index (χ2v) is 5.93. The van der Waals surface area contributed by atoms with Crippen LogP contribution in [0.25, 0.3) is 0 Å². The van der Waals surface area contributed by atoms with E-state index in [1.54, 1.807) is 18.2 Å². The van der Waals surface area contributed by atoms with Gasteiger partial charge in [0.25, 0.3) is 5.03 Å². The first-order valence-corrected chi connectivity index (χ1v) is 5.18. The third-order valence-corrected chi connectivity index (χ3v) is 3.34. The highest BCUT2D eigenvalue weighted by Gasteiger charge is 2.26. The summed E-state index contributed by atoms with van der Waals surface area (Å²) in [5, 5.41) is 11.5. The zero-order valence-corrected chi connectivity index (χ0v) is 8.80. The molecular weight excluding hydrogens is 186 g/mol. The van der Waals surface area contributed by atoms with Gasteiger partial charge in [0.05, 0.1) is 0 Å². The van der Waals surface area contributed by atoms with Crippen molar-refractivity contribution in [3.8, 4) is 0 Å². The fourth-order valence-corrected chi connectivity index (χ4v) is 1.92. The number of hydrogen-bond acceptors (Lipinski definition) is 2. The van der Waals surface area contributed by atoms with Crippen molar-refractivity contribution in [1.29, 1.82) is 0 Å². The van der Waals surface area contributed by atoms with Gasteiger partial charge in [0.1, 0.15) is 10.8 Å². The van der Waals surface area contributed by atoms with E-state index >= 15 is 0 Å². The molecule has 0 aromatic carbocycles. The van der Waals surface area contributed by atoms with Gasteiger partial charge in [-0.15, -0.1) is 0 Å². The molecule has 13 heavy (non-hydrogen) atoms. The van der Waals surface area contributed by atoms with E-state index in [0.29, 0.717) is 9.76 Å². The fraction of sp³-hybridized carbons (Fsp3) is 0.444. The molecule has 1 aromatic heterocycles. The number of pyridine rings is 1. The van der Waals surface area contributed by atoms with Crippen LogP contribution < -0.4 is 4.73 Å². The van der Waals surface area contributed by atoms with Crippen molar-refractivity contribution in [3.63, 3.8) is 0 Å². The largest absolute Gasteiger partial charge is 0.618 e. The lowest BCUT2D eigenvalue weighted by molar-refractivity contribution is -0.646. The second kappa shape index (κ2) is 3.46. The molecule has 0 radical (unpaired) electrons. The number of hydrogen-bond donors (Lipinski definition) is 0. The van der Waals surface area contributed by atoms with Crippen molar-refractivity contribution in [2.45, 2.75) is 30.5 Å². The van der Waals surface area contributed by atoms with Gasteiger partial charge in [-0.2, -0.15) is 4.73 Å². The van der Waals surface area contributed by atoms with Crippen molar-refractivity contribution in [1.82, 2.24) is 0 Å². The summed E-state index contributed by atoms with van der Waals surface area (Å²) in [6.45, 7) is 5.53. The molecular formula is C9H13NO2S. The fourth-order valence-electron chi connectivity index (χ4n) is 0.870. The molecule has 4 heteroatoms. The number of rotatable bonds is 1. The van der Waals surface area contributed by atoms with Gasteiger partial charge >= 0.3 is 0 Å². The molecule has 1 heterocycles. The predicted molar refractivity (Wildman–Crippen MR) is 51.6 cm³/mol. The molecule has 0 saturated heterocycles. The van der Waals surface area contributed by atoms with E-state index < -0.39 is 15.5 Å². The normalized spacial score (nSPS) is 14.1. The lowest BCUT2D eigenvalue weighted by Gasteiger charge is -2.15. The summed E-state index contributed by atoms with van der Waals surface area (Å²) >= 11 is 0. The Morgan fingerprint density at radius 3 is 2.46 bits per heavy atom. The van der Waals surface area contributed by atoms with Crippen LogP contribution in [0.2, 0.25) is 0 Å². The Labute approximate surface area is 80.4 Å². The highest BCUT2D eigenvalue weighted by molar-refractivity contribution is 7.86. The molecule has 0 N–H and O–H groups in total. The summed E-state index contributed by atoms with van der Waals surface area (Å²) in [5.74, 6) is 0. The van der Waals surface area contributed by atoms with Crippen molar-refractivity contribution < 1.29 is 8.94 Å². The van der Waals surface area contributed by atoms with E-state index in [9.17, 15) is 9.42 Å². The van der Waals surface area contributed by atoms with Gasteiger partial charge in [0, 0.05) is 16.9 Å². The minimum atomic E-state index is -1.26. The first kappa shape index (κ1) is 10.2. The summed E-state index contributed by atoms with van der Waals surface area (Å²) in [5.41, 5.74) is 0. The van der Waals surface area contributed by atoms with Crippen LogP contribution in [-0.2, 0) is 10.8 Å². The summed E-state index contributed by atoms with van der Waals surface area (Å²) in [4.78, 5) is 0. The molecule has 0 aliphatic heterocycles.